The average Bonchev–Trinajstić information content (AvgIpc) is 2.62. The van der Waals surface area contributed by atoms with Crippen LogP contribution in [0, 0.1) is 5.82 Å². The third-order valence-corrected chi connectivity index (χ3v) is 4.28. The lowest BCUT2D eigenvalue weighted by molar-refractivity contribution is -0.126. The van der Waals surface area contributed by atoms with Crippen LogP contribution in [0.3, 0.4) is 0 Å². The Bertz CT molecular complexity index is 730. The molecular weight excluding hydrogens is 307 g/mol. The molecule has 0 radical (unpaired) electrons. The molecule has 2 aromatic rings. The van der Waals surface area contributed by atoms with Crippen molar-refractivity contribution in [2.45, 2.75) is 0 Å². The van der Waals surface area contributed by atoms with E-state index < -0.39 is 5.82 Å². The molecule has 0 aromatic heterocycles. The van der Waals surface area contributed by atoms with Crippen LogP contribution < -0.4 is 4.90 Å². The molecule has 1 aliphatic rings. The van der Waals surface area contributed by atoms with Crippen molar-refractivity contribution in [1.29, 1.82) is 0 Å². The van der Waals surface area contributed by atoms with E-state index >= 15 is 0 Å². The number of hydrogen-bond donors (Lipinski definition) is 1. The van der Waals surface area contributed by atoms with Gasteiger partial charge in [-0.3, -0.25) is 4.79 Å². The molecule has 0 saturated carbocycles. The van der Waals surface area contributed by atoms with Gasteiger partial charge >= 0.3 is 0 Å². The number of rotatable bonds is 3. The SMILES string of the molecule is C=CC(=O)N1CCN(c2ccc(-c3c(O)cccc3F)cc2)CC1. The Hall–Kier alpha value is -2.82. The Labute approximate surface area is 140 Å². The quantitative estimate of drug-likeness (QED) is 0.882. The zero-order valence-electron chi connectivity index (χ0n) is 13.3. The van der Waals surface area contributed by atoms with Crippen LogP contribution in [-0.4, -0.2) is 42.1 Å². The Morgan fingerprint density at radius 1 is 1.08 bits per heavy atom. The van der Waals surface area contributed by atoms with Gasteiger partial charge in [-0.2, -0.15) is 0 Å². The van der Waals surface area contributed by atoms with E-state index in [4.69, 9.17) is 0 Å². The molecule has 1 fully saturated rings. The molecule has 5 heteroatoms. The van der Waals surface area contributed by atoms with E-state index in [1.807, 2.05) is 12.1 Å². The van der Waals surface area contributed by atoms with Crippen LogP contribution in [-0.2, 0) is 4.79 Å². The zero-order chi connectivity index (χ0) is 17.1. The summed E-state index contributed by atoms with van der Waals surface area (Å²) in [6.07, 6.45) is 1.34. The summed E-state index contributed by atoms with van der Waals surface area (Å²) in [7, 11) is 0. The van der Waals surface area contributed by atoms with Crippen molar-refractivity contribution in [2.24, 2.45) is 0 Å². The van der Waals surface area contributed by atoms with E-state index in [0.29, 0.717) is 18.7 Å². The van der Waals surface area contributed by atoms with Crippen molar-refractivity contribution in [3.8, 4) is 16.9 Å². The van der Waals surface area contributed by atoms with Crippen LogP contribution in [0.4, 0.5) is 10.1 Å². The summed E-state index contributed by atoms with van der Waals surface area (Å²) in [5.41, 5.74) is 1.86. The highest BCUT2D eigenvalue weighted by molar-refractivity contribution is 5.87. The van der Waals surface area contributed by atoms with Gasteiger partial charge in [0, 0.05) is 31.9 Å². The molecule has 0 atom stereocenters. The lowest BCUT2D eigenvalue weighted by atomic mass is 10.0. The van der Waals surface area contributed by atoms with Crippen molar-refractivity contribution < 1.29 is 14.3 Å². The van der Waals surface area contributed by atoms with Crippen molar-refractivity contribution >= 4 is 11.6 Å². The first-order valence-electron chi connectivity index (χ1n) is 7.84. The molecule has 1 saturated heterocycles. The molecular formula is C19H19FN2O2. The number of aromatic hydroxyl groups is 1. The van der Waals surface area contributed by atoms with Crippen LogP contribution in [0.25, 0.3) is 11.1 Å². The van der Waals surface area contributed by atoms with Crippen molar-refractivity contribution in [3.05, 3.63) is 60.9 Å². The first-order valence-corrected chi connectivity index (χ1v) is 7.84. The normalized spacial score (nSPS) is 14.5. The third-order valence-electron chi connectivity index (χ3n) is 4.28. The van der Waals surface area contributed by atoms with Gasteiger partial charge < -0.3 is 14.9 Å². The summed E-state index contributed by atoms with van der Waals surface area (Å²) in [5.74, 6) is -0.557. The van der Waals surface area contributed by atoms with Crippen LogP contribution in [0.1, 0.15) is 0 Å². The highest BCUT2D eigenvalue weighted by Crippen LogP contribution is 2.32. The molecule has 0 unspecified atom stereocenters. The first-order chi connectivity index (χ1) is 11.6. The fourth-order valence-electron chi connectivity index (χ4n) is 2.95. The van der Waals surface area contributed by atoms with E-state index in [0.717, 1.165) is 18.8 Å². The van der Waals surface area contributed by atoms with E-state index in [9.17, 15) is 14.3 Å². The number of nitrogens with zero attached hydrogens (tertiary/aromatic N) is 2. The number of anilines is 1. The number of piperazine rings is 1. The van der Waals surface area contributed by atoms with E-state index in [1.165, 1.54) is 24.3 Å². The molecule has 24 heavy (non-hydrogen) atoms. The monoisotopic (exact) mass is 326 g/mol. The molecule has 1 amide bonds. The first kappa shape index (κ1) is 16.1. The Kier molecular flexibility index (Phi) is 4.51. The maximum absolute atomic E-state index is 13.9. The zero-order valence-corrected chi connectivity index (χ0v) is 13.3. The fraction of sp³-hybridized carbons (Fsp3) is 0.211. The number of benzene rings is 2. The van der Waals surface area contributed by atoms with Crippen LogP contribution >= 0.6 is 0 Å². The van der Waals surface area contributed by atoms with E-state index in [2.05, 4.69) is 11.5 Å². The van der Waals surface area contributed by atoms with E-state index in [-0.39, 0.29) is 17.2 Å². The van der Waals surface area contributed by atoms with Gasteiger partial charge in [0.25, 0.3) is 0 Å². The van der Waals surface area contributed by atoms with Gasteiger partial charge in [-0.1, -0.05) is 24.8 Å². The Morgan fingerprint density at radius 3 is 2.33 bits per heavy atom. The lowest BCUT2D eigenvalue weighted by Crippen LogP contribution is -2.48. The van der Waals surface area contributed by atoms with Crippen molar-refractivity contribution in [2.75, 3.05) is 31.1 Å². The number of phenols is 1. The second-order valence-corrected chi connectivity index (χ2v) is 5.70. The number of carbonyl (C=O) groups excluding carboxylic acids is 1. The maximum Gasteiger partial charge on any atom is 0.246 e. The lowest BCUT2D eigenvalue weighted by Gasteiger charge is -2.35. The molecule has 4 nitrogen and oxygen atoms in total. The summed E-state index contributed by atoms with van der Waals surface area (Å²) in [6, 6.07) is 11.7. The molecule has 3 rings (SSSR count). The molecule has 0 spiro atoms. The molecule has 2 aromatic carbocycles. The van der Waals surface area contributed by atoms with Gasteiger partial charge in [-0.25, -0.2) is 4.39 Å². The third kappa shape index (κ3) is 3.11. The number of halogens is 1. The van der Waals surface area contributed by atoms with Gasteiger partial charge in [-0.05, 0) is 35.9 Å². The second-order valence-electron chi connectivity index (χ2n) is 5.70. The Balaban J connectivity index is 1.74. The Morgan fingerprint density at radius 2 is 1.75 bits per heavy atom. The topological polar surface area (TPSA) is 43.8 Å². The predicted octanol–water partition coefficient (Wildman–Crippen LogP) is 3.03. The fourth-order valence-corrected chi connectivity index (χ4v) is 2.95. The summed E-state index contributed by atoms with van der Waals surface area (Å²) in [4.78, 5) is 15.6. The van der Waals surface area contributed by atoms with Crippen molar-refractivity contribution in [1.82, 2.24) is 4.90 Å². The van der Waals surface area contributed by atoms with Crippen LogP contribution in [0.5, 0.6) is 5.75 Å². The van der Waals surface area contributed by atoms with E-state index in [1.54, 1.807) is 17.0 Å². The predicted molar refractivity (Wildman–Crippen MR) is 92.5 cm³/mol. The minimum atomic E-state index is -0.445. The van der Waals surface area contributed by atoms with Gasteiger partial charge in [0.05, 0.1) is 5.56 Å². The molecule has 0 aliphatic carbocycles. The number of carbonyl (C=O) groups is 1. The van der Waals surface area contributed by atoms with Gasteiger partial charge in [0.15, 0.2) is 0 Å². The summed E-state index contributed by atoms with van der Waals surface area (Å²) < 4.78 is 13.9. The number of hydrogen-bond acceptors (Lipinski definition) is 3. The van der Waals surface area contributed by atoms with Gasteiger partial charge in [0.1, 0.15) is 11.6 Å². The highest BCUT2D eigenvalue weighted by Gasteiger charge is 2.19. The largest absolute Gasteiger partial charge is 0.507 e. The van der Waals surface area contributed by atoms with Crippen LogP contribution in [0.2, 0.25) is 0 Å². The second kappa shape index (κ2) is 6.74. The molecule has 1 heterocycles. The molecule has 124 valence electrons. The summed E-state index contributed by atoms with van der Waals surface area (Å²) in [6.45, 7) is 6.30. The van der Waals surface area contributed by atoms with Gasteiger partial charge in [0.2, 0.25) is 5.91 Å². The van der Waals surface area contributed by atoms with Gasteiger partial charge in [-0.15, -0.1) is 0 Å². The average molecular weight is 326 g/mol. The minimum absolute atomic E-state index is 0.0416. The summed E-state index contributed by atoms with van der Waals surface area (Å²) >= 11 is 0. The van der Waals surface area contributed by atoms with Crippen LogP contribution in [0.15, 0.2) is 55.1 Å². The molecule has 1 N–H and O–H groups in total. The number of amides is 1. The smallest absolute Gasteiger partial charge is 0.246 e. The van der Waals surface area contributed by atoms with Crippen molar-refractivity contribution in [3.63, 3.8) is 0 Å². The molecule has 1 aliphatic heterocycles. The standard InChI is InChI=1S/C19H19FN2O2/c1-2-18(24)22-12-10-21(11-13-22)15-8-6-14(7-9-15)19-16(20)4-3-5-17(19)23/h2-9,23H,1,10-13H2. The highest BCUT2D eigenvalue weighted by atomic mass is 19.1. The minimum Gasteiger partial charge on any atom is -0.507 e. The maximum atomic E-state index is 13.9. The summed E-state index contributed by atoms with van der Waals surface area (Å²) in [5, 5.41) is 9.87. The number of phenolic OH excluding ortho intramolecular Hbond substituents is 1. The molecule has 0 bridgehead atoms.